The van der Waals surface area contributed by atoms with Gasteiger partial charge in [-0.05, 0) is 30.3 Å². The fourth-order valence-corrected chi connectivity index (χ4v) is 2.82. The molecule has 0 unspecified atom stereocenters. The largest absolute Gasteiger partial charge is 0.503 e. The van der Waals surface area contributed by atoms with E-state index in [0.717, 1.165) is 18.3 Å². The number of carbonyl (C=O) groups is 1. The molecule has 0 aliphatic heterocycles. The lowest BCUT2D eigenvalue weighted by Gasteiger charge is -2.13. The number of ether oxygens (including phenoxy) is 1. The van der Waals surface area contributed by atoms with Crippen LogP contribution in [0.2, 0.25) is 0 Å². The first kappa shape index (κ1) is 19.2. The molecule has 11 heteroatoms. The van der Waals surface area contributed by atoms with Crippen molar-refractivity contribution in [1.82, 2.24) is 4.98 Å². The maximum atomic E-state index is 12.8. The van der Waals surface area contributed by atoms with Gasteiger partial charge in [-0.25, -0.2) is 13.4 Å². The van der Waals surface area contributed by atoms with Gasteiger partial charge >= 0.3 is 5.51 Å². The van der Waals surface area contributed by atoms with Gasteiger partial charge in [-0.2, -0.15) is 18.4 Å². The first-order valence-electron chi connectivity index (χ1n) is 6.77. The van der Waals surface area contributed by atoms with E-state index in [0.29, 0.717) is 0 Å². The molecule has 1 aromatic heterocycles. The standard InChI is InChI=1S/C15H10F3N3O4S/c1-25-12-5-4-9(8-19)7-11(12)21-13(22)10-3-2-6-20-14(10)26(23,24)15(16,17)18/h2-7H,1H3,(H,21,22). The van der Waals surface area contributed by atoms with Crippen LogP contribution >= 0.6 is 0 Å². The van der Waals surface area contributed by atoms with Crippen LogP contribution in [0.3, 0.4) is 0 Å². The van der Waals surface area contributed by atoms with E-state index in [1.807, 2.05) is 6.07 Å². The highest BCUT2D eigenvalue weighted by molar-refractivity contribution is 7.92. The number of sulfone groups is 1. The summed E-state index contributed by atoms with van der Waals surface area (Å²) in [4.78, 5) is 15.6. The fraction of sp³-hybridized carbons (Fsp3) is 0.133. The maximum absolute atomic E-state index is 12.8. The molecule has 26 heavy (non-hydrogen) atoms. The lowest BCUT2D eigenvalue weighted by Crippen LogP contribution is -2.27. The molecule has 1 heterocycles. The average Bonchev–Trinajstić information content (AvgIpc) is 2.60. The van der Waals surface area contributed by atoms with Crippen molar-refractivity contribution in [3.63, 3.8) is 0 Å². The molecule has 2 rings (SSSR count). The zero-order valence-electron chi connectivity index (χ0n) is 13.0. The molecule has 1 N–H and O–H groups in total. The summed E-state index contributed by atoms with van der Waals surface area (Å²) in [5, 5.41) is 9.71. The van der Waals surface area contributed by atoms with Gasteiger partial charge in [0.2, 0.25) is 0 Å². The van der Waals surface area contributed by atoms with Gasteiger partial charge < -0.3 is 10.1 Å². The molecule has 0 bridgehead atoms. The number of methoxy groups -OCH3 is 1. The lowest BCUT2D eigenvalue weighted by atomic mass is 10.2. The Labute approximate surface area is 146 Å². The summed E-state index contributed by atoms with van der Waals surface area (Å²) >= 11 is 0. The van der Waals surface area contributed by atoms with Crippen LogP contribution in [0.4, 0.5) is 18.9 Å². The van der Waals surface area contributed by atoms with Crippen LogP contribution in [0, 0.1) is 11.3 Å². The Morgan fingerprint density at radius 3 is 2.58 bits per heavy atom. The number of pyridine rings is 1. The summed E-state index contributed by atoms with van der Waals surface area (Å²) in [5.74, 6) is -1.03. The van der Waals surface area contributed by atoms with E-state index >= 15 is 0 Å². The molecule has 0 spiro atoms. The number of hydrogen-bond donors (Lipinski definition) is 1. The zero-order chi connectivity index (χ0) is 19.5. The van der Waals surface area contributed by atoms with Gasteiger partial charge in [0.05, 0.1) is 30.0 Å². The number of alkyl halides is 3. The van der Waals surface area contributed by atoms with Gasteiger partial charge in [-0.3, -0.25) is 4.79 Å². The monoisotopic (exact) mass is 385 g/mol. The Hall–Kier alpha value is -3.13. The number of carbonyl (C=O) groups excluding carboxylic acids is 1. The Bertz CT molecular complexity index is 998. The van der Waals surface area contributed by atoms with Crippen LogP contribution in [0.5, 0.6) is 5.75 Å². The number of benzene rings is 1. The van der Waals surface area contributed by atoms with Crippen LogP contribution in [-0.2, 0) is 9.84 Å². The highest BCUT2D eigenvalue weighted by Gasteiger charge is 2.49. The Morgan fingerprint density at radius 1 is 1.31 bits per heavy atom. The molecule has 0 aliphatic rings. The first-order chi connectivity index (χ1) is 12.1. The van der Waals surface area contributed by atoms with Crippen molar-refractivity contribution in [1.29, 1.82) is 5.26 Å². The molecular formula is C15H10F3N3O4S. The highest BCUT2D eigenvalue weighted by Crippen LogP contribution is 2.32. The minimum atomic E-state index is -5.83. The summed E-state index contributed by atoms with van der Waals surface area (Å²) in [6.45, 7) is 0. The minimum absolute atomic E-state index is 0.0178. The van der Waals surface area contributed by atoms with Crippen molar-refractivity contribution in [2.24, 2.45) is 0 Å². The number of anilines is 1. The normalized spacial score (nSPS) is 11.5. The molecule has 1 amide bonds. The van der Waals surface area contributed by atoms with E-state index in [4.69, 9.17) is 10.00 Å². The third-order valence-electron chi connectivity index (χ3n) is 3.15. The van der Waals surface area contributed by atoms with Crippen LogP contribution in [0.15, 0.2) is 41.6 Å². The van der Waals surface area contributed by atoms with Crippen LogP contribution in [0.1, 0.15) is 15.9 Å². The second kappa shape index (κ2) is 7.01. The number of amides is 1. The SMILES string of the molecule is COc1ccc(C#N)cc1NC(=O)c1cccnc1S(=O)(=O)C(F)(F)F. The van der Waals surface area contributed by atoms with E-state index in [1.165, 1.54) is 25.3 Å². The molecule has 0 aliphatic carbocycles. The Morgan fingerprint density at radius 2 is 2.00 bits per heavy atom. The van der Waals surface area contributed by atoms with Crippen molar-refractivity contribution in [3.05, 3.63) is 47.7 Å². The molecular weight excluding hydrogens is 375 g/mol. The zero-order valence-corrected chi connectivity index (χ0v) is 13.9. The Balaban J connectivity index is 2.50. The molecule has 2 aromatic rings. The third kappa shape index (κ3) is 3.60. The smallest absolute Gasteiger partial charge is 0.495 e. The molecule has 0 saturated carbocycles. The summed E-state index contributed by atoms with van der Waals surface area (Å²) in [6, 6.07) is 7.83. The second-order valence-corrected chi connectivity index (χ2v) is 6.64. The Kier molecular flexibility index (Phi) is 5.17. The number of rotatable bonds is 4. The molecule has 0 atom stereocenters. The van der Waals surface area contributed by atoms with Crippen molar-refractivity contribution in [2.45, 2.75) is 10.5 Å². The summed E-state index contributed by atoms with van der Waals surface area (Å²) in [5.41, 5.74) is -6.28. The van der Waals surface area contributed by atoms with E-state index in [2.05, 4.69) is 10.3 Å². The van der Waals surface area contributed by atoms with Gasteiger partial charge in [0.25, 0.3) is 15.7 Å². The number of nitriles is 1. The second-order valence-electron chi connectivity index (χ2n) is 4.79. The highest BCUT2D eigenvalue weighted by atomic mass is 32.2. The lowest BCUT2D eigenvalue weighted by molar-refractivity contribution is -0.0438. The van der Waals surface area contributed by atoms with Crippen LogP contribution in [0.25, 0.3) is 0 Å². The molecule has 136 valence electrons. The van der Waals surface area contributed by atoms with Crippen molar-refractivity contribution in [3.8, 4) is 11.8 Å². The van der Waals surface area contributed by atoms with Crippen molar-refractivity contribution in [2.75, 3.05) is 12.4 Å². The van der Waals surface area contributed by atoms with Gasteiger partial charge in [-0.1, -0.05) is 0 Å². The average molecular weight is 385 g/mol. The van der Waals surface area contributed by atoms with Crippen LogP contribution < -0.4 is 10.1 Å². The summed E-state index contributed by atoms with van der Waals surface area (Å²) in [7, 11) is -4.55. The predicted molar refractivity (Wildman–Crippen MR) is 83.1 cm³/mol. The maximum Gasteiger partial charge on any atom is 0.503 e. The number of hydrogen-bond acceptors (Lipinski definition) is 6. The number of aromatic nitrogens is 1. The quantitative estimate of drug-likeness (QED) is 0.866. The summed E-state index contributed by atoms with van der Waals surface area (Å²) < 4.78 is 66.6. The molecule has 0 fully saturated rings. The van der Waals surface area contributed by atoms with Crippen LogP contribution in [-0.4, -0.2) is 31.9 Å². The first-order valence-corrected chi connectivity index (χ1v) is 8.26. The molecule has 7 nitrogen and oxygen atoms in total. The molecule has 0 radical (unpaired) electrons. The fourth-order valence-electron chi connectivity index (χ4n) is 1.95. The molecule has 0 saturated heterocycles. The van der Waals surface area contributed by atoms with E-state index in [1.54, 1.807) is 0 Å². The van der Waals surface area contributed by atoms with Gasteiger partial charge in [-0.15, -0.1) is 0 Å². The minimum Gasteiger partial charge on any atom is -0.495 e. The number of halogens is 3. The number of nitrogens with one attached hydrogen (secondary N) is 1. The topological polar surface area (TPSA) is 109 Å². The summed E-state index contributed by atoms with van der Waals surface area (Å²) in [6.07, 6.45) is 0.826. The van der Waals surface area contributed by atoms with Crippen molar-refractivity contribution >= 4 is 21.4 Å². The van der Waals surface area contributed by atoms with Gasteiger partial charge in [0, 0.05) is 6.20 Å². The molecule has 1 aromatic carbocycles. The van der Waals surface area contributed by atoms with Crippen molar-refractivity contribution < 1.29 is 31.1 Å². The predicted octanol–water partition coefficient (Wildman–Crippen LogP) is 2.51. The number of nitrogens with zero attached hydrogens (tertiary/aromatic N) is 2. The van der Waals surface area contributed by atoms with E-state index < -0.39 is 31.8 Å². The third-order valence-corrected chi connectivity index (χ3v) is 4.60. The van der Waals surface area contributed by atoms with Gasteiger partial charge in [0.15, 0.2) is 5.03 Å². The van der Waals surface area contributed by atoms with E-state index in [-0.39, 0.29) is 17.0 Å². The van der Waals surface area contributed by atoms with E-state index in [9.17, 15) is 26.4 Å². The van der Waals surface area contributed by atoms with Gasteiger partial charge in [0.1, 0.15) is 5.75 Å².